The first-order valence-electron chi connectivity index (χ1n) is 7.16. The fourth-order valence-corrected chi connectivity index (χ4v) is 1.97. The van der Waals surface area contributed by atoms with E-state index in [4.69, 9.17) is 4.74 Å². The van der Waals surface area contributed by atoms with Crippen molar-refractivity contribution < 1.29 is 14.6 Å². The van der Waals surface area contributed by atoms with Crippen molar-refractivity contribution in [2.24, 2.45) is 0 Å². The molecule has 0 spiro atoms. The quantitative estimate of drug-likeness (QED) is 0.762. The Kier molecular flexibility index (Phi) is 5.16. The largest absolute Gasteiger partial charge is 0.497 e. The molecule has 0 aliphatic carbocycles. The van der Waals surface area contributed by atoms with E-state index in [2.05, 4.69) is 15.5 Å². The third-order valence-corrected chi connectivity index (χ3v) is 3.41. The highest BCUT2D eigenvalue weighted by atomic mass is 16.5. The van der Waals surface area contributed by atoms with Crippen molar-refractivity contribution >= 4 is 5.91 Å². The lowest BCUT2D eigenvalue weighted by Gasteiger charge is -2.12. The molecule has 0 fully saturated rings. The Balaban J connectivity index is 1.91. The second kappa shape index (κ2) is 7.09. The van der Waals surface area contributed by atoms with E-state index in [0.717, 1.165) is 11.4 Å². The van der Waals surface area contributed by atoms with Gasteiger partial charge >= 0.3 is 0 Å². The number of nitrogens with zero attached hydrogens (tertiary/aromatic N) is 1. The predicted molar refractivity (Wildman–Crippen MR) is 83.0 cm³/mol. The Bertz CT molecular complexity index is 620. The zero-order valence-corrected chi connectivity index (χ0v) is 13.0. The molecule has 0 saturated carbocycles. The maximum atomic E-state index is 12.0. The maximum absolute atomic E-state index is 12.0. The first kappa shape index (κ1) is 16.0. The van der Waals surface area contributed by atoms with E-state index in [9.17, 15) is 9.90 Å². The lowest BCUT2D eigenvalue weighted by Crippen LogP contribution is -2.28. The SMILES string of the molecule is COc1ccc(C(O)CNC(=O)c2cc(C(C)C)[nH]n2)cc1. The Morgan fingerprint density at radius 3 is 2.59 bits per heavy atom. The molecule has 0 bridgehead atoms. The van der Waals surface area contributed by atoms with Gasteiger partial charge in [0.2, 0.25) is 0 Å². The number of aromatic nitrogens is 2. The number of aliphatic hydroxyl groups is 1. The number of H-pyrrole nitrogens is 1. The highest BCUT2D eigenvalue weighted by Gasteiger charge is 2.14. The summed E-state index contributed by atoms with van der Waals surface area (Å²) in [7, 11) is 1.58. The van der Waals surface area contributed by atoms with Gasteiger partial charge in [-0.25, -0.2) is 0 Å². The lowest BCUT2D eigenvalue weighted by molar-refractivity contribution is 0.0911. The van der Waals surface area contributed by atoms with Gasteiger partial charge in [-0.05, 0) is 29.7 Å². The zero-order valence-electron chi connectivity index (χ0n) is 13.0. The van der Waals surface area contributed by atoms with Crippen LogP contribution in [0.25, 0.3) is 0 Å². The van der Waals surface area contributed by atoms with Gasteiger partial charge < -0.3 is 15.2 Å². The smallest absolute Gasteiger partial charge is 0.271 e. The fourth-order valence-electron chi connectivity index (χ4n) is 1.97. The maximum Gasteiger partial charge on any atom is 0.271 e. The van der Waals surface area contributed by atoms with Crippen molar-refractivity contribution in [1.82, 2.24) is 15.5 Å². The number of methoxy groups -OCH3 is 1. The van der Waals surface area contributed by atoms with Crippen molar-refractivity contribution in [2.75, 3.05) is 13.7 Å². The Morgan fingerprint density at radius 1 is 1.36 bits per heavy atom. The van der Waals surface area contributed by atoms with E-state index in [1.807, 2.05) is 13.8 Å². The van der Waals surface area contributed by atoms with E-state index in [-0.39, 0.29) is 18.4 Å². The molecule has 1 heterocycles. The van der Waals surface area contributed by atoms with E-state index >= 15 is 0 Å². The lowest BCUT2D eigenvalue weighted by atomic mass is 10.1. The van der Waals surface area contributed by atoms with Crippen molar-refractivity contribution in [3.8, 4) is 5.75 Å². The van der Waals surface area contributed by atoms with Gasteiger partial charge in [0.1, 0.15) is 11.4 Å². The normalized spacial score (nSPS) is 12.2. The van der Waals surface area contributed by atoms with Gasteiger partial charge in [-0.1, -0.05) is 26.0 Å². The van der Waals surface area contributed by atoms with Gasteiger partial charge in [0.15, 0.2) is 0 Å². The number of hydrogen-bond donors (Lipinski definition) is 3. The number of carbonyl (C=O) groups is 1. The van der Waals surface area contributed by atoms with Crippen molar-refractivity contribution in [3.63, 3.8) is 0 Å². The molecule has 1 unspecified atom stereocenters. The fraction of sp³-hybridized carbons (Fsp3) is 0.375. The topological polar surface area (TPSA) is 87.2 Å². The average molecular weight is 303 g/mol. The molecular weight excluding hydrogens is 282 g/mol. The number of rotatable bonds is 6. The predicted octanol–water partition coefficient (Wildman–Crippen LogP) is 2.01. The molecule has 6 heteroatoms. The van der Waals surface area contributed by atoms with Crippen molar-refractivity contribution in [1.29, 1.82) is 0 Å². The van der Waals surface area contributed by atoms with Gasteiger partial charge in [0.05, 0.1) is 13.2 Å². The molecule has 0 aliphatic heterocycles. The summed E-state index contributed by atoms with van der Waals surface area (Å²) < 4.78 is 5.06. The van der Waals surface area contributed by atoms with Gasteiger partial charge in [0.25, 0.3) is 5.91 Å². The molecule has 3 N–H and O–H groups in total. The number of hydrogen-bond acceptors (Lipinski definition) is 4. The number of carbonyl (C=O) groups excluding carboxylic acids is 1. The van der Waals surface area contributed by atoms with E-state index in [0.29, 0.717) is 11.3 Å². The molecule has 2 aromatic rings. The molecule has 1 aromatic carbocycles. The molecule has 1 amide bonds. The van der Waals surface area contributed by atoms with Crippen LogP contribution in [0.5, 0.6) is 5.75 Å². The summed E-state index contributed by atoms with van der Waals surface area (Å²) in [6.07, 6.45) is -0.779. The minimum Gasteiger partial charge on any atom is -0.497 e. The molecule has 22 heavy (non-hydrogen) atoms. The minimum absolute atomic E-state index is 0.120. The van der Waals surface area contributed by atoms with Crippen LogP contribution in [-0.4, -0.2) is 34.9 Å². The van der Waals surface area contributed by atoms with Crippen molar-refractivity contribution in [2.45, 2.75) is 25.9 Å². The van der Waals surface area contributed by atoms with E-state index < -0.39 is 6.10 Å². The van der Waals surface area contributed by atoms with Crippen LogP contribution in [-0.2, 0) is 0 Å². The van der Waals surface area contributed by atoms with Gasteiger partial charge in [-0.2, -0.15) is 5.10 Å². The van der Waals surface area contributed by atoms with Crippen LogP contribution in [0.2, 0.25) is 0 Å². The number of ether oxygens (including phenoxy) is 1. The minimum atomic E-state index is -0.779. The Hall–Kier alpha value is -2.34. The number of aromatic amines is 1. The number of nitrogens with one attached hydrogen (secondary N) is 2. The highest BCUT2D eigenvalue weighted by molar-refractivity contribution is 5.92. The third-order valence-electron chi connectivity index (χ3n) is 3.41. The molecule has 6 nitrogen and oxygen atoms in total. The van der Waals surface area contributed by atoms with Crippen LogP contribution >= 0.6 is 0 Å². The molecule has 1 aromatic heterocycles. The van der Waals surface area contributed by atoms with E-state index in [1.165, 1.54) is 0 Å². The van der Waals surface area contributed by atoms with Crippen LogP contribution < -0.4 is 10.1 Å². The highest BCUT2D eigenvalue weighted by Crippen LogP contribution is 2.17. The summed E-state index contributed by atoms with van der Waals surface area (Å²) in [4.78, 5) is 12.0. The second-order valence-electron chi connectivity index (χ2n) is 5.36. The molecule has 2 rings (SSSR count). The standard InChI is InChI=1S/C16H21N3O3/c1-10(2)13-8-14(19-18-13)16(21)17-9-15(20)11-4-6-12(22-3)7-5-11/h4-8,10,15,20H,9H2,1-3H3,(H,17,21)(H,18,19). The number of aliphatic hydroxyl groups excluding tert-OH is 1. The number of benzene rings is 1. The molecule has 0 saturated heterocycles. The first-order chi connectivity index (χ1) is 10.5. The second-order valence-corrected chi connectivity index (χ2v) is 5.36. The van der Waals surface area contributed by atoms with Crippen LogP contribution in [0.15, 0.2) is 30.3 Å². The number of amides is 1. The molecular formula is C16H21N3O3. The van der Waals surface area contributed by atoms with Crippen LogP contribution in [0.4, 0.5) is 0 Å². The molecule has 118 valence electrons. The summed E-state index contributed by atoms with van der Waals surface area (Å²) in [6, 6.07) is 8.79. The Labute approximate surface area is 129 Å². The van der Waals surface area contributed by atoms with Crippen LogP contribution in [0.3, 0.4) is 0 Å². The summed E-state index contributed by atoms with van der Waals surface area (Å²) in [5, 5.41) is 19.6. The monoisotopic (exact) mass is 303 g/mol. The summed E-state index contributed by atoms with van der Waals surface area (Å²) >= 11 is 0. The summed E-state index contributed by atoms with van der Waals surface area (Å²) in [5.74, 6) is 0.687. The average Bonchev–Trinajstić information content (AvgIpc) is 3.02. The molecule has 1 atom stereocenters. The van der Waals surface area contributed by atoms with Crippen LogP contribution in [0.1, 0.15) is 47.6 Å². The first-order valence-corrected chi connectivity index (χ1v) is 7.16. The Morgan fingerprint density at radius 2 is 2.05 bits per heavy atom. The summed E-state index contributed by atoms with van der Waals surface area (Å²) in [5.41, 5.74) is 1.94. The molecule has 0 aliphatic rings. The van der Waals surface area contributed by atoms with Crippen molar-refractivity contribution in [3.05, 3.63) is 47.3 Å². The zero-order chi connectivity index (χ0) is 16.1. The van der Waals surface area contributed by atoms with Gasteiger partial charge in [-0.3, -0.25) is 9.89 Å². The van der Waals surface area contributed by atoms with Crippen LogP contribution in [0, 0.1) is 0 Å². The third kappa shape index (κ3) is 3.85. The van der Waals surface area contributed by atoms with Gasteiger partial charge in [0, 0.05) is 12.2 Å². The summed E-state index contributed by atoms with van der Waals surface area (Å²) in [6.45, 7) is 4.15. The van der Waals surface area contributed by atoms with E-state index in [1.54, 1.807) is 37.4 Å². The van der Waals surface area contributed by atoms with Gasteiger partial charge in [-0.15, -0.1) is 0 Å². The molecule has 0 radical (unpaired) electrons.